The molecule has 1 heterocycles. The number of nitrogens with zero attached hydrogens (tertiary/aromatic N) is 2. The van der Waals surface area contributed by atoms with Crippen LogP contribution in [0.25, 0.3) is 0 Å². The van der Waals surface area contributed by atoms with Crippen LogP contribution in [0, 0.1) is 0 Å². The smallest absolute Gasteiger partial charge is 0.242 e. The van der Waals surface area contributed by atoms with Crippen molar-refractivity contribution in [1.82, 2.24) is 10.2 Å². The third-order valence-corrected chi connectivity index (χ3v) is 6.85. The van der Waals surface area contributed by atoms with Crippen molar-refractivity contribution >= 4 is 27.5 Å². The lowest BCUT2D eigenvalue weighted by atomic mass is 10.1. The van der Waals surface area contributed by atoms with Gasteiger partial charge >= 0.3 is 0 Å². The monoisotopic (exact) mass is 517 g/mol. The van der Waals surface area contributed by atoms with Gasteiger partial charge in [0.25, 0.3) is 0 Å². The molecule has 0 aliphatic carbocycles. The highest BCUT2D eigenvalue weighted by Gasteiger charge is 2.29. The molecule has 0 aromatic heterocycles. The fourth-order valence-corrected chi connectivity index (χ4v) is 4.84. The Balaban J connectivity index is 1.72. The first-order chi connectivity index (χ1) is 16.8. The molecule has 3 rings (SSSR count). The maximum Gasteiger partial charge on any atom is 0.242 e. The highest BCUT2D eigenvalue weighted by molar-refractivity contribution is 7.92. The molecule has 2 aromatic rings. The van der Waals surface area contributed by atoms with Gasteiger partial charge in [0.05, 0.1) is 11.9 Å². The van der Waals surface area contributed by atoms with Gasteiger partial charge in [0, 0.05) is 31.1 Å². The Morgan fingerprint density at radius 3 is 2.36 bits per heavy atom. The fraction of sp³-hybridized carbons (Fsp3) is 0.462. The van der Waals surface area contributed by atoms with Crippen LogP contribution < -0.4 is 19.1 Å². The quantitative estimate of drug-likeness (QED) is 0.519. The average molecular weight is 518 g/mol. The van der Waals surface area contributed by atoms with Crippen molar-refractivity contribution in [3.05, 3.63) is 54.1 Å². The van der Waals surface area contributed by atoms with Crippen LogP contribution in [-0.4, -0.2) is 56.3 Å². The molecule has 2 aromatic carbocycles. The molecule has 0 fully saturated rings. The zero-order chi connectivity index (χ0) is 26.5. The molecule has 196 valence electrons. The summed E-state index contributed by atoms with van der Waals surface area (Å²) in [6.45, 7) is 7.83. The molecule has 10 heteroatoms. The molecular weight excluding hydrogens is 482 g/mol. The summed E-state index contributed by atoms with van der Waals surface area (Å²) in [6, 6.07) is 13.7. The summed E-state index contributed by atoms with van der Waals surface area (Å²) < 4.78 is 37.0. The largest absolute Gasteiger partial charge is 0.454 e. The van der Waals surface area contributed by atoms with Crippen molar-refractivity contribution in [3.8, 4) is 11.5 Å². The summed E-state index contributed by atoms with van der Waals surface area (Å²) in [5.41, 5.74) is 0.903. The van der Waals surface area contributed by atoms with E-state index < -0.39 is 21.6 Å². The second-order valence-electron chi connectivity index (χ2n) is 9.90. The summed E-state index contributed by atoms with van der Waals surface area (Å²) in [6.07, 6.45) is 1.48. The summed E-state index contributed by atoms with van der Waals surface area (Å²) in [7, 11) is -3.60. The van der Waals surface area contributed by atoms with Gasteiger partial charge in [-0.2, -0.15) is 0 Å². The number of hydrogen-bond donors (Lipinski definition) is 1. The van der Waals surface area contributed by atoms with Crippen LogP contribution in [0.15, 0.2) is 48.5 Å². The molecular formula is C26H35N3O6S. The number of fused-ring (bicyclic) bond motifs is 1. The first kappa shape index (κ1) is 27.3. The first-order valence-corrected chi connectivity index (χ1v) is 13.7. The van der Waals surface area contributed by atoms with E-state index in [1.165, 1.54) is 4.31 Å². The van der Waals surface area contributed by atoms with Crippen molar-refractivity contribution < 1.29 is 27.5 Å². The third kappa shape index (κ3) is 7.36. The van der Waals surface area contributed by atoms with Crippen molar-refractivity contribution in [2.45, 2.75) is 58.7 Å². The molecule has 0 saturated carbocycles. The predicted molar refractivity (Wildman–Crippen MR) is 138 cm³/mol. The van der Waals surface area contributed by atoms with Crippen LogP contribution in [0.4, 0.5) is 5.69 Å². The lowest BCUT2D eigenvalue weighted by Gasteiger charge is -2.32. The zero-order valence-corrected chi connectivity index (χ0v) is 22.3. The maximum absolute atomic E-state index is 13.3. The highest BCUT2D eigenvalue weighted by Crippen LogP contribution is 2.36. The van der Waals surface area contributed by atoms with Crippen molar-refractivity contribution in [1.29, 1.82) is 0 Å². The van der Waals surface area contributed by atoms with Gasteiger partial charge in [-0.15, -0.1) is 0 Å². The van der Waals surface area contributed by atoms with Gasteiger partial charge < -0.3 is 19.7 Å². The van der Waals surface area contributed by atoms with Crippen LogP contribution >= 0.6 is 0 Å². The van der Waals surface area contributed by atoms with Crippen LogP contribution in [0.2, 0.25) is 0 Å². The van der Waals surface area contributed by atoms with E-state index in [2.05, 4.69) is 5.32 Å². The molecule has 0 radical (unpaired) electrons. The van der Waals surface area contributed by atoms with E-state index in [4.69, 9.17) is 9.47 Å². The Morgan fingerprint density at radius 1 is 1.06 bits per heavy atom. The number of anilines is 1. The van der Waals surface area contributed by atoms with Crippen molar-refractivity contribution in [2.24, 2.45) is 0 Å². The highest BCUT2D eigenvalue weighted by atomic mass is 32.2. The number of amides is 2. The van der Waals surface area contributed by atoms with Gasteiger partial charge in [0.2, 0.25) is 28.6 Å². The molecule has 9 nitrogen and oxygen atoms in total. The van der Waals surface area contributed by atoms with Crippen LogP contribution in [0.1, 0.15) is 46.1 Å². The number of benzene rings is 2. The number of carbonyl (C=O) groups excluding carboxylic acids is 2. The number of rotatable bonds is 10. The Morgan fingerprint density at radius 2 is 1.72 bits per heavy atom. The van der Waals surface area contributed by atoms with E-state index in [0.717, 1.165) is 11.8 Å². The second-order valence-corrected chi connectivity index (χ2v) is 11.8. The molecule has 36 heavy (non-hydrogen) atoms. The molecule has 1 N–H and O–H groups in total. The summed E-state index contributed by atoms with van der Waals surface area (Å²) >= 11 is 0. The van der Waals surface area contributed by atoms with E-state index in [9.17, 15) is 18.0 Å². The number of ether oxygens (including phenoxy) is 2. The lowest BCUT2D eigenvalue weighted by Crippen LogP contribution is -2.52. The minimum absolute atomic E-state index is 0.0799. The lowest BCUT2D eigenvalue weighted by molar-refractivity contribution is -0.141. The van der Waals surface area contributed by atoms with Gasteiger partial charge in [-0.1, -0.05) is 30.3 Å². The first-order valence-electron chi connectivity index (χ1n) is 11.9. The Kier molecular flexibility index (Phi) is 8.50. The predicted octanol–water partition coefficient (Wildman–Crippen LogP) is 3.29. The number of carbonyl (C=O) groups is 2. The summed E-state index contributed by atoms with van der Waals surface area (Å²) in [5, 5.41) is 2.93. The van der Waals surface area contributed by atoms with Crippen LogP contribution in [0.3, 0.4) is 0 Å². The van der Waals surface area contributed by atoms with Gasteiger partial charge in [0.15, 0.2) is 11.5 Å². The third-order valence-electron chi connectivity index (χ3n) is 5.66. The molecule has 0 unspecified atom stereocenters. The normalized spacial score (nSPS) is 13.7. The zero-order valence-electron chi connectivity index (χ0n) is 21.5. The number of sulfonamides is 1. The minimum atomic E-state index is -3.60. The van der Waals surface area contributed by atoms with Crippen molar-refractivity contribution in [3.63, 3.8) is 0 Å². The number of nitrogens with one attached hydrogen (secondary N) is 1. The van der Waals surface area contributed by atoms with Gasteiger partial charge in [-0.3, -0.25) is 13.9 Å². The Labute approximate surface area is 213 Å². The SMILES string of the molecule is C[C@H](C(=O)NC(C)(C)C)N(Cc1ccccc1)C(=O)CCCN(c1ccc2c(c1)OCO2)S(C)(=O)=O. The number of hydrogen-bond acceptors (Lipinski definition) is 6. The molecule has 2 amide bonds. The van der Waals surface area contributed by atoms with E-state index in [0.29, 0.717) is 17.2 Å². The van der Waals surface area contributed by atoms with Gasteiger partial charge in [-0.25, -0.2) is 8.42 Å². The van der Waals surface area contributed by atoms with Gasteiger partial charge in [-0.05, 0) is 51.8 Å². The van der Waals surface area contributed by atoms with E-state index in [1.807, 2.05) is 51.1 Å². The fourth-order valence-electron chi connectivity index (χ4n) is 3.88. The van der Waals surface area contributed by atoms with Gasteiger partial charge in [0.1, 0.15) is 6.04 Å². The molecule has 1 atom stereocenters. The molecule has 0 bridgehead atoms. The summed E-state index contributed by atoms with van der Waals surface area (Å²) in [5.74, 6) is 0.561. The molecule has 1 aliphatic heterocycles. The second kappa shape index (κ2) is 11.2. The van der Waals surface area contributed by atoms with Crippen LogP contribution in [-0.2, 0) is 26.2 Å². The van der Waals surface area contributed by atoms with E-state index >= 15 is 0 Å². The summed E-state index contributed by atoms with van der Waals surface area (Å²) in [4.78, 5) is 27.7. The van der Waals surface area contributed by atoms with Crippen molar-refractivity contribution in [2.75, 3.05) is 23.9 Å². The Bertz CT molecular complexity index is 1180. The van der Waals surface area contributed by atoms with Crippen LogP contribution in [0.5, 0.6) is 11.5 Å². The topological polar surface area (TPSA) is 105 Å². The maximum atomic E-state index is 13.3. The average Bonchev–Trinajstić information content (AvgIpc) is 3.26. The molecule has 1 aliphatic rings. The van der Waals surface area contributed by atoms with E-state index in [-0.39, 0.29) is 44.5 Å². The standard InChI is InChI=1S/C26H35N3O6S/c1-19(25(31)27-26(2,3)4)28(17-20-10-7-6-8-11-20)24(30)12-9-15-29(36(5,32)33)21-13-14-22-23(16-21)35-18-34-22/h6-8,10-11,13-14,16,19H,9,12,15,17-18H2,1-5H3,(H,27,31)/t19-/m1/s1. The molecule has 0 saturated heterocycles. The minimum Gasteiger partial charge on any atom is -0.454 e. The Hall–Kier alpha value is -3.27. The van der Waals surface area contributed by atoms with E-state index in [1.54, 1.807) is 30.0 Å². The molecule has 0 spiro atoms.